The number of benzene rings is 2. The molecule has 0 aliphatic carbocycles. The van der Waals surface area contributed by atoms with Crippen molar-refractivity contribution in [3.63, 3.8) is 0 Å². The van der Waals surface area contributed by atoms with Gasteiger partial charge in [-0.25, -0.2) is 9.97 Å². The quantitative estimate of drug-likeness (QED) is 0.661. The third kappa shape index (κ3) is 4.87. The number of rotatable bonds is 6. The third-order valence-corrected chi connectivity index (χ3v) is 4.27. The molecule has 3 aromatic rings. The van der Waals surface area contributed by atoms with Crippen LogP contribution in [0.15, 0.2) is 71.5 Å². The molecule has 2 N–H and O–H groups in total. The average molecular weight is 397 g/mol. The van der Waals surface area contributed by atoms with Crippen LogP contribution in [0, 0.1) is 0 Å². The molecule has 1 aromatic heterocycles. The van der Waals surface area contributed by atoms with Gasteiger partial charge in [0.1, 0.15) is 0 Å². The normalized spacial score (nSPS) is 10.3. The van der Waals surface area contributed by atoms with E-state index >= 15 is 0 Å². The fourth-order valence-electron chi connectivity index (χ4n) is 2.26. The molecule has 0 unspecified atom stereocenters. The fraction of sp³-hybridized carbons (Fsp3) is 0.105. The van der Waals surface area contributed by atoms with Gasteiger partial charge in [0.15, 0.2) is 0 Å². The molecule has 2 aromatic carbocycles. The molecule has 0 spiro atoms. The number of hydrogen-bond donors (Lipinski definition) is 2. The molecule has 0 atom stereocenters. The van der Waals surface area contributed by atoms with Gasteiger partial charge in [0.25, 0.3) is 5.91 Å². The van der Waals surface area contributed by atoms with Gasteiger partial charge in [-0.15, -0.1) is 0 Å². The Bertz CT molecular complexity index is 838. The number of nitrogens with zero attached hydrogens (tertiary/aromatic N) is 2. The average Bonchev–Trinajstić information content (AvgIpc) is 2.65. The van der Waals surface area contributed by atoms with Crippen LogP contribution in [-0.4, -0.2) is 22.4 Å². The molecular weight excluding hydrogens is 380 g/mol. The van der Waals surface area contributed by atoms with E-state index in [0.717, 1.165) is 16.6 Å². The molecule has 0 bridgehead atoms. The summed E-state index contributed by atoms with van der Waals surface area (Å²) >= 11 is 3.46. The molecule has 126 valence electrons. The summed E-state index contributed by atoms with van der Waals surface area (Å²) in [4.78, 5) is 20.5. The molecule has 6 heteroatoms. The number of carbonyl (C=O) groups is 1. The third-order valence-electron chi connectivity index (χ3n) is 3.58. The summed E-state index contributed by atoms with van der Waals surface area (Å²) in [5.41, 5.74) is 2.49. The molecule has 0 aliphatic rings. The van der Waals surface area contributed by atoms with Crippen LogP contribution in [-0.2, 0) is 6.42 Å². The molecular formula is C19H17BrN4O. The maximum absolute atomic E-state index is 12.1. The Balaban J connectivity index is 1.54. The Morgan fingerprint density at radius 1 is 0.960 bits per heavy atom. The van der Waals surface area contributed by atoms with Crippen LogP contribution >= 0.6 is 15.9 Å². The molecule has 0 aliphatic heterocycles. The topological polar surface area (TPSA) is 66.9 Å². The number of amides is 1. The first-order chi connectivity index (χ1) is 12.2. The Hall–Kier alpha value is -2.73. The van der Waals surface area contributed by atoms with Crippen molar-refractivity contribution in [3.8, 4) is 0 Å². The van der Waals surface area contributed by atoms with Crippen LogP contribution in [0.2, 0.25) is 0 Å². The zero-order valence-corrected chi connectivity index (χ0v) is 15.0. The highest BCUT2D eigenvalue weighted by atomic mass is 79.9. The van der Waals surface area contributed by atoms with Crippen molar-refractivity contribution in [2.75, 3.05) is 11.9 Å². The van der Waals surface area contributed by atoms with Crippen molar-refractivity contribution in [1.82, 2.24) is 15.3 Å². The molecule has 5 nitrogen and oxygen atoms in total. The Kier molecular flexibility index (Phi) is 5.74. The van der Waals surface area contributed by atoms with E-state index in [0.29, 0.717) is 18.1 Å². The lowest BCUT2D eigenvalue weighted by Gasteiger charge is -2.08. The summed E-state index contributed by atoms with van der Waals surface area (Å²) in [7, 11) is 0. The van der Waals surface area contributed by atoms with Crippen LogP contribution in [0.4, 0.5) is 11.6 Å². The second kappa shape index (κ2) is 8.39. The fourth-order valence-corrected chi connectivity index (χ4v) is 2.64. The number of halogens is 1. The van der Waals surface area contributed by atoms with E-state index in [4.69, 9.17) is 0 Å². The first kappa shape index (κ1) is 17.1. The van der Waals surface area contributed by atoms with Gasteiger partial charge in [0.05, 0.1) is 11.3 Å². The van der Waals surface area contributed by atoms with Gasteiger partial charge in [-0.3, -0.25) is 4.79 Å². The number of hydrogen-bond acceptors (Lipinski definition) is 4. The number of anilines is 2. The van der Waals surface area contributed by atoms with Crippen LogP contribution in [0.5, 0.6) is 0 Å². The molecule has 0 fully saturated rings. The zero-order valence-electron chi connectivity index (χ0n) is 13.4. The van der Waals surface area contributed by atoms with Crippen molar-refractivity contribution in [1.29, 1.82) is 0 Å². The Morgan fingerprint density at radius 3 is 2.36 bits per heavy atom. The van der Waals surface area contributed by atoms with E-state index in [1.807, 2.05) is 54.6 Å². The van der Waals surface area contributed by atoms with Crippen molar-refractivity contribution in [3.05, 3.63) is 82.6 Å². The minimum absolute atomic E-state index is 0.177. The van der Waals surface area contributed by atoms with Gasteiger partial charge in [-0.05, 0) is 40.0 Å². The molecule has 0 radical (unpaired) electrons. The second-order valence-corrected chi connectivity index (χ2v) is 6.25. The standard InChI is InChI=1S/C19H17BrN4O/c20-16-8-4-5-9-17(16)24-19-22-12-15(13-23-19)18(25)21-11-10-14-6-2-1-3-7-14/h1-9,12-13H,10-11H2,(H,21,25)(H,22,23,24). The number of carbonyl (C=O) groups excluding carboxylic acids is 1. The minimum Gasteiger partial charge on any atom is -0.352 e. The maximum Gasteiger partial charge on any atom is 0.254 e. The summed E-state index contributed by atoms with van der Waals surface area (Å²) in [6, 6.07) is 17.7. The molecule has 1 heterocycles. The second-order valence-electron chi connectivity index (χ2n) is 5.39. The number of nitrogens with one attached hydrogen (secondary N) is 2. The zero-order chi connectivity index (χ0) is 17.5. The van der Waals surface area contributed by atoms with Crippen molar-refractivity contribution in [2.24, 2.45) is 0 Å². The van der Waals surface area contributed by atoms with Gasteiger partial charge in [0, 0.05) is 23.4 Å². The van der Waals surface area contributed by atoms with Gasteiger partial charge in [0.2, 0.25) is 5.95 Å². The summed E-state index contributed by atoms with van der Waals surface area (Å²) < 4.78 is 0.918. The van der Waals surface area contributed by atoms with E-state index in [1.54, 1.807) is 0 Å². The highest BCUT2D eigenvalue weighted by Gasteiger charge is 2.07. The van der Waals surface area contributed by atoms with Crippen LogP contribution in [0.3, 0.4) is 0 Å². The van der Waals surface area contributed by atoms with Crippen LogP contribution < -0.4 is 10.6 Å². The van der Waals surface area contributed by atoms with Crippen LogP contribution in [0.1, 0.15) is 15.9 Å². The summed E-state index contributed by atoms with van der Waals surface area (Å²) in [6.07, 6.45) is 3.82. The summed E-state index contributed by atoms with van der Waals surface area (Å²) in [5, 5.41) is 5.98. The molecule has 0 saturated carbocycles. The Labute approximate surface area is 154 Å². The van der Waals surface area contributed by atoms with Crippen molar-refractivity contribution in [2.45, 2.75) is 6.42 Å². The predicted octanol–water partition coefficient (Wildman–Crippen LogP) is 3.96. The lowest BCUT2D eigenvalue weighted by atomic mass is 10.1. The molecule has 25 heavy (non-hydrogen) atoms. The van der Waals surface area contributed by atoms with Crippen molar-refractivity contribution < 1.29 is 4.79 Å². The van der Waals surface area contributed by atoms with Gasteiger partial charge in [-0.1, -0.05) is 42.5 Å². The summed E-state index contributed by atoms with van der Waals surface area (Å²) in [5.74, 6) is 0.260. The minimum atomic E-state index is -0.177. The van der Waals surface area contributed by atoms with Gasteiger partial charge >= 0.3 is 0 Å². The molecule has 0 saturated heterocycles. The Morgan fingerprint density at radius 2 is 1.64 bits per heavy atom. The lowest BCUT2D eigenvalue weighted by molar-refractivity contribution is 0.0953. The van der Waals surface area contributed by atoms with E-state index in [-0.39, 0.29) is 5.91 Å². The smallest absolute Gasteiger partial charge is 0.254 e. The lowest BCUT2D eigenvalue weighted by Crippen LogP contribution is -2.26. The largest absolute Gasteiger partial charge is 0.352 e. The number of para-hydroxylation sites is 1. The highest BCUT2D eigenvalue weighted by molar-refractivity contribution is 9.10. The van der Waals surface area contributed by atoms with Crippen LogP contribution in [0.25, 0.3) is 0 Å². The first-order valence-electron chi connectivity index (χ1n) is 7.88. The van der Waals surface area contributed by atoms with E-state index in [9.17, 15) is 4.79 Å². The first-order valence-corrected chi connectivity index (χ1v) is 8.67. The van der Waals surface area contributed by atoms with E-state index in [1.165, 1.54) is 18.0 Å². The SMILES string of the molecule is O=C(NCCc1ccccc1)c1cnc(Nc2ccccc2Br)nc1. The molecule has 3 rings (SSSR count). The predicted molar refractivity (Wildman–Crippen MR) is 102 cm³/mol. The van der Waals surface area contributed by atoms with Gasteiger partial charge < -0.3 is 10.6 Å². The molecule has 1 amide bonds. The maximum atomic E-state index is 12.1. The number of aromatic nitrogens is 2. The van der Waals surface area contributed by atoms with Crippen molar-refractivity contribution >= 4 is 33.5 Å². The van der Waals surface area contributed by atoms with E-state index < -0.39 is 0 Å². The monoisotopic (exact) mass is 396 g/mol. The van der Waals surface area contributed by atoms with E-state index in [2.05, 4.69) is 36.5 Å². The highest BCUT2D eigenvalue weighted by Crippen LogP contribution is 2.23. The van der Waals surface area contributed by atoms with Gasteiger partial charge in [-0.2, -0.15) is 0 Å². The summed E-state index contributed by atoms with van der Waals surface area (Å²) in [6.45, 7) is 0.569.